The summed E-state index contributed by atoms with van der Waals surface area (Å²) in [4.78, 5) is 32.9. The molecule has 2 aromatic carbocycles. The van der Waals surface area contributed by atoms with Gasteiger partial charge in [0.05, 0.1) is 12.2 Å². The predicted octanol–water partition coefficient (Wildman–Crippen LogP) is 3.05. The Labute approximate surface area is 190 Å². The summed E-state index contributed by atoms with van der Waals surface area (Å²) in [6.07, 6.45) is 0.645. The van der Waals surface area contributed by atoms with Gasteiger partial charge in [0.2, 0.25) is 0 Å². The molecule has 0 spiro atoms. The number of carbonyl (C=O) groups excluding carboxylic acids is 2. The van der Waals surface area contributed by atoms with Crippen molar-refractivity contribution >= 4 is 17.4 Å². The largest absolute Gasteiger partial charge is 0.494 e. The molecule has 0 unspecified atom stereocenters. The number of hydrogen-bond acceptors (Lipinski definition) is 5. The Balaban J connectivity index is 1.62. The van der Waals surface area contributed by atoms with Crippen LogP contribution < -0.4 is 4.74 Å². The minimum absolute atomic E-state index is 0.181. The van der Waals surface area contributed by atoms with Crippen LogP contribution in [0.15, 0.2) is 60.3 Å². The van der Waals surface area contributed by atoms with E-state index in [1.165, 1.54) is 4.90 Å². The number of benzene rings is 2. The topological polar surface area (TPSA) is 53.1 Å². The zero-order chi connectivity index (χ0) is 22.5. The van der Waals surface area contributed by atoms with Gasteiger partial charge in [-0.05, 0) is 43.1 Å². The summed E-state index contributed by atoms with van der Waals surface area (Å²) in [7, 11) is 0. The SMILES string of the molecule is CCOc1ccc(C2=C(N3CCN(CC)CC3)C(=O)N(CCc3ccccc3)C2=O)cc1. The van der Waals surface area contributed by atoms with E-state index in [1.807, 2.05) is 61.5 Å². The average molecular weight is 434 g/mol. The Bertz CT molecular complexity index is 977. The lowest BCUT2D eigenvalue weighted by atomic mass is 10.0. The molecule has 6 nitrogen and oxygen atoms in total. The highest BCUT2D eigenvalue weighted by Gasteiger charge is 2.41. The van der Waals surface area contributed by atoms with E-state index in [0.717, 1.165) is 49.6 Å². The Morgan fingerprint density at radius 2 is 1.53 bits per heavy atom. The maximum absolute atomic E-state index is 13.5. The van der Waals surface area contributed by atoms with Gasteiger partial charge in [0.25, 0.3) is 11.8 Å². The second kappa shape index (κ2) is 10.0. The number of ether oxygens (including phenoxy) is 1. The smallest absolute Gasteiger partial charge is 0.277 e. The van der Waals surface area contributed by atoms with Gasteiger partial charge in [-0.1, -0.05) is 49.4 Å². The van der Waals surface area contributed by atoms with Crippen molar-refractivity contribution in [2.24, 2.45) is 0 Å². The third kappa shape index (κ3) is 4.55. The molecule has 2 aliphatic rings. The highest BCUT2D eigenvalue weighted by Crippen LogP contribution is 2.33. The highest BCUT2D eigenvalue weighted by molar-refractivity contribution is 6.35. The highest BCUT2D eigenvalue weighted by atomic mass is 16.5. The zero-order valence-corrected chi connectivity index (χ0v) is 18.9. The Morgan fingerprint density at radius 1 is 0.844 bits per heavy atom. The normalized spacial score (nSPS) is 17.4. The molecule has 0 N–H and O–H groups in total. The van der Waals surface area contributed by atoms with Gasteiger partial charge < -0.3 is 14.5 Å². The van der Waals surface area contributed by atoms with Crippen molar-refractivity contribution in [3.8, 4) is 5.75 Å². The fourth-order valence-electron chi connectivity index (χ4n) is 4.38. The summed E-state index contributed by atoms with van der Waals surface area (Å²) in [6, 6.07) is 17.5. The Morgan fingerprint density at radius 3 is 2.16 bits per heavy atom. The van der Waals surface area contributed by atoms with Crippen LogP contribution in [0, 0.1) is 0 Å². The molecule has 0 aromatic heterocycles. The van der Waals surface area contributed by atoms with Crippen LogP contribution in [0.3, 0.4) is 0 Å². The van der Waals surface area contributed by atoms with E-state index >= 15 is 0 Å². The average Bonchev–Trinajstić information content (AvgIpc) is 3.08. The van der Waals surface area contributed by atoms with Gasteiger partial charge >= 0.3 is 0 Å². The van der Waals surface area contributed by atoms with Gasteiger partial charge in [-0.3, -0.25) is 14.5 Å². The van der Waals surface area contributed by atoms with Crippen LogP contribution in [-0.2, 0) is 16.0 Å². The van der Waals surface area contributed by atoms with Crippen LogP contribution in [0.2, 0.25) is 0 Å². The molecule has 2 aromatic rings. The van der Waals surface area contributed by atoms with Gasteiger partial charge in [-0.15, -0.1) is 0 Å². The summed E-state index contributed by atoms with van der Waals surface area (Å²) in [5, 5.41) is 0. The van der Waals surface area contributed by atoms with Crippen molar-refractivity contribution in [3.63, 3.8) is 0 Å². The van der Waals surface area contributed by atoms with Gasteiger partial charge in [-0.2, -0.15) is 0 Å². The summed E-state index contributed by atoms with van der Waals surface area (Å²) in [5.74, 6) is 0.371. The minimum atomic E-state index is -0.206. The molecule has 0 aliphatic carbocycles. The molecule has 6 heteroatoms. The fraction of sp³-hybridized carbons (Fsp3) is 0.385. The molecule has 0 radical (unpaired) electrons. The molecule has 32 heavy (non-hydrogen) atoms. The third-order valence-electron chi connectivity index (χ3n) is 6.20. The number of piperazine rings is 1. The van der Waals surface area contributed by atoms with Crippen molar-refractivity contribution in [3.05, 3.63) is 71.4 Å². The van der Waals surface area contributed by atoms with Crippen LogP contribution >= 0.6 is 0 Å². The van der Waals surface area contributed by atoms with Gasteiger partial charge in [0.15, 0.2) is 0 Å². The van der Waals surface area contributed by atoms with Crippen molar-refractivity contribution < 1.29 is 14.3 Å². The number of hydrogen-bond donors (Lipinski definition) is 0. The van der Waals surface area contributed by atoms with E-state index in [1.54, 1.807) is 0 Å². The maximum Gasteiger partial charge on any atom is 0.277 e. The molecule has 0 bridgehead atoms. The fourth-order valence-corrected chi connectivity index (χ4v) is 4.38. The molecule has 0 atom stereocenters. The number of amides is 2. The number of nitrogens with zero attached hydrogens (tertiary/aromatic N) is 3. The first-order valence-electron chi connectivity index (χ1n) is 11.5. The summed E-state index contributed by atoms with van der Waals surface area (Å²) >= 11 is 0. The molecular formula is C26H31N3O3. The second-order valence-electron chi connectivity index (χ2n) is 8.10. The minimum Gasteiger partial charge on any atom is -0.494 e. The van der Waals surface area contributed by atoms with Crippen LogP contribution in [0.4, 0.5) is 0 Å². The number of rotatable bonds is 8. The summed E-state index contributed by atoms with van der Waals surface area (Å²) in [5.41, 5.74) is 2.93. The lowest BCUT2D eigenvalue weighted by Gasteiger charge is -2.36. The van der Waals surface area contributed by atoms with E-state index in [2.05, 4.69) is 16.7 Å². The number of carbonyl (C=O) groups is 2. The quantitative estimate of drug-likeness (QED) is 0.599. The molecule has 4 rings (SSSR count). The van der Waals surface area contributed by atoms with Gasteiger partial charge in [-0.25, -0.2) is 0 Å². The van der Waals surface area contributed by atoms with Gasteiger partial charge in [0.1, 0.15) is 11.4 Å². The first-order chi connectivity index (χ1) is 15.6. The van der Waals surface area contributed by atoms with Crippen LogP contribution in [0.25, 0.3) is 5.57 Å². The molecule has 1 saturated heterocycles. The Hall–Kier alpha value is -3.12. The summed E-state index contributed by atoms with van der Waals surface area (Å²) < 4.78 is 5.55. The van der Waals surface area contributed by atoms with Crippen molar-refractivity contribution in [2.75, 3.05) is 45.9 Å². The van der Waals surface area contributed by atoms with E-state index in [4.69, 9.17) is 4.74 Å². The molecule has 1 fully saturated rings. The van der Waals surface area contributed by atoms with E-state index in [9.17, 15) is 9.59 Å². The standard InChI is InChI=1S/C26H31N3O3/c1-3-27-16-18-28(19-17-27)24-23(21-10-12-22(13-11-21)32-4-2)25(30)29(26(24)31)15-14-20-8-6-5-7-9-20/h5-13H,3-4,14-19H2,1-2H3. The third-order valence-corrected chi connectivity index (χ3v) is 6.20. The molecule has 0 saturated carbocycles. The van der Waals surface area contributed by atoms with Crippen molar-refractivity contribution in [1.29, 1.82) is 0 Å². The number of likely N-dealkylation sites (N-methyl/N-ethyl adjacent to an activating group) is 1. The first kappa shape index (κ1) is 22.1. The lowest BCUT2D eigenvalue weighted by molar-refractivity contribution is -0.137. The zero-order valence-electron chi connectivity index (χ0n) is 18.9. The van der Waals surface area contributed by atoms with Crippen molar-refractivity contribution in [1.82, 2.24) is 14.7 Å². The molecular weight excluding hydrogens is 402 g/mol. The van der Waals surface area contributed by atoms with Crippen LogP contribution in [0.5, 0.6) is 5.75 Å². The summed E-state index contributed by atoms with van der Waals surface area (Å²) in [6.45, 7) is 9.31. The van der Waals surface area contributed by atoms with E-state index in [0.29, 0.717) is 30.8 Å². The number of imide groups is 1. The van der Waals surface area contributed by atoms with Crippen LogP contribution in [0.1, 0.15) is 25.0 Å². The van der Waals surface area contributed by atoms with Gasteiger partial charge in [0, 0.05) is 32.7 Å². The molecule has 2 heterocycles. The lowest BCUT2D eigenvalue weighted by Crippen LogP contribution is -2.47. The van der Waals surface area contributed by atoms with E-state index in [-0.39, 0.29) is 11.8 Å². The second-order valence-corrected chi connectivity index (χ2v) is 8.10. The maximum atomic E-state index is 13.5. The van der Waals surface area contributed by atoms with Crippen LogP contribution in [-0.4, -0.2) is 72.4 Å². The molecule has 2 amide bonds. The monoisotopic (exact) mass is 433 g/mol. The van der Waals surface area contributed by atoms with E-state index < -0.39 is 0 Å². The molecule has 2 aliphatic heterocycles. The predicted molar refractivity (Wildman–Crippen MR) is 125 cm³/mol. The van der Waals surface area contributed by atoms with Crippen molar-refractivity contribution in [2.45, 2.75) is 20.3 Å². The first-order valence-corrected chi connectivity index (χ1v) is 11.5. The molecule has 168 valence electrons. The Kier molecular flexibility index (Phi) is 6.90.